The minimum absolute atomic E-state index is 0. The number of hydrogen-bond acceptors (Lipinski definition) is 2. The third-order valence-corrected chi connectivity index (χ3v) is 3.71. The first-order chi connectivity index (χ1) is 10.7. The van der Waals surface area contributed by atoms with Gasteiger partial charge in [-0.25, -0.2) is 0 Å². The molecular weight excluding hydrogens is 469 g/mol. The van der Waals surface area contributed by atoms with Crippen LogP contribution in [0.3, 0.4) is 0 Å². The number of hydrogen-bond donors (Lipinski definition) is 1. The van der Waals surface area contributed by atoms with Gasteiger partial charge in [0.25, 0.3) is 0 Å². The highest BCUT2D eigenvalue weighted by molar-refractivity contribution is 14.0. The summed E-state index contributed by atoms with van der Waals surface area (Å²) in [4.78, 5) is 6.80. The Balaban J connectivity index is 0.00000264. The Bertz CT molecular complexity index is 583. The molecule has 0 saturated heterocycles. The second kappa shape index (κ2) is 10.6. The summed E-state index contributed by atoms with van der Waals surface area (Å²) in [6, 6.07) is 10.3. The summed E-state index contributed by atoms with van der Waals surface area (Å²) >= 11 is 3.46. The van der Waals surface area contributed by atoms with E-state index in [1.807, 2.05) is 16.9 Å². The fraction of sp³-hybridized carbons (Fsp3) is 0.375. The third kappa shape index (κ3) is 6.90. The van der Waals surface area contributed by atoms with Gasteiger partial charge in [-0.1, -0.05) is 28.1 Å². The van der Waals surface area contributed by atoms with Crippen molar-refractivity contribution in [3.8, 4) is 0 Å². The number of rotatable bonds is 6. The van der Waals surface area contributed by atoms with E-state index in [-0.39, 0.29) is 24.0 Å². The number of nitrogens with zero attached hydrogens (tertiary/aromatic N) is 4. The lowest BCUT2D eigenvalue weighted by molar-refractivity contribution is 0.475. The fourth-order valence-corrected chi connectivity index (χ4v) is 2.36. The summed E-state index contributed by atoms with van der Waals surface area (Å²) in [5.41, 5.74) is 1.25. The van der Waals surface area contributed by atoms with Gasteiger partial charge in [-0.15, -0.1) is 24.0 Å². The van der Waals surface area contributed by atoms with E-state index < -0.39 is 0 Å². The normalized spacial score (nSPS) is 11.0. The standard InChI is InChI=1S/C16H22BrN5.HI/c1-3-18-16(19-10-12-22-11-4-9-20-22)21(2)13-14-5-7-15(17)8-6-14;/h4-9,11H,3,10,12-13H2,1-2H3,(H,18,19);1H. The number of nitrogens with one attached hydrogen (secondary N) is 1. The maximum Gasteiger partial charge on any atom is 0.194 e. The molecule has 5 nitrogen and oxygen atoms in total. The average molecular weight is 492 g/mol. The van der Waals surface area contributed by atoms with Crippen LogP contribution < -0.4 is 5.32 Å². The maximum atomic E-state index is 4.66. The smallest absolute Gasteiger partial charge is 0.194 e. The van der Waals surface area contributed by atoms with Gasteiger partial charge in [0.05, 0.1) is 13.1 Å². The minimum atomic E-state index is 0. The SMILES string of the molecule is CCNC(=NCCn1cccn1)N(C)Cc1ccc(Br)cc1.I. The molecule has 7 heteroatoms. The molecule has 2 aromatic rings. The number of benzene rings is 1. The quantitative estimate of drug-likeness (QED) is 0.383. The van der Waals surface area contributed by atoms with Crippen LogP contribution in [0.5, 0.6) is 0 Å². The molecule has 23 heavy (non-hydrogen) atoms. The largest absolute Gasteiger partial charge is 0.357 e. The van der Waals surface area contributed by atoms with Crippen LogP contribution in [0.2, 0.25) is 0 Å². The van der Waals surface area contributed by atoms with Gasteiger partial charge in [0, 0.05) is 37.0 Å². The van der Waals surface area contributed by atoms with Gasteiger partial charge in [0.1, 0.15) is 0 Å². The van der Waals surface area contributed by atoms with Crippen molar-refractivity contribution >= 4 is 45.9 Å². The lowest BCUT2D eigenvalue weighted by Gasteiger charge is -2.22. The number of halogens is 2. The second-order valence-corrected chi connectivity index (χ2v) is 5.90. The Kier molecular flexibility index (Phi) is 9.23. The first-order valence-corrected chi connectivity index (χ1v) is 8.19. The summed E-state index contributed by atoms with van der Waals surface area (Å²) in [6.45, 7) is 5.24. The molecule has 1 aromatic heterocycles. The highest BCUT2D eigenvalue weighted by atomic mass is 127. The van der Waals surface area contributed by atoms with Gasteiger partial charge < -0.3 is 10.2 Å². The Morgan fingerprint density at radius 2 is 2.09 bits per heavy atom. The zero-order chi connectivity index (χ0) is 15.8. The van der Waals surface area contributed by atoms with Crippen LogP contribution >= 0.6 is 39.9 Å². The van der Waals surface area contributed by atoms with Crippen LogP contribution in [-0.2, 0) is 13.1 Å². The Morgan fingerprint density at radius 3 is 2.70 bits per heavy atom. The molecular formula is C16H23BrIN5. The molecule has 126 valence electrons. The molecule has 0 unspecified atom stereocenters. The van der Waals surface area contributed by atoms with E-state index in [1.54, 1.807) is 6.20 Å². The van der Waals surface area contributed by atoms with Gasteiger partial charge in [-0.3, -0.25) is 9.67 Å². The van der Waals surface area contributed by atoms with Gasteiger partial charge >= 0.3 is 0 Å². The lowest BCUT2D eigenvalue weighted by atomic mass is 10.2. The minimum Gasteiger partial charge on any atom is -0.357 e. The van der Waals surface area contributed by atoms with Crippen molar-refractivity contribution in [1.82, 2.24) is 20.0 Å². The van der Waals surface area contributed by atoms with Crippen LogP contribution in [0.1, 0.15) is 12.5 Å². The van der Waals surface area contributed by atoms with Crippen LogP contribution in [0, 0.1) is 0 Å². The average Bonchev–Trinajstić information content (AvgIpc) is 3.02. The number of aliphatic imine (C=N–C) groups is 1. The predicted octanol–water partition coefficient (Wildman–Crippen LogP) is 3.36. The number of aromatic nitrogens is 2. The molecule has 1 heterocycles. The molecule has 0 aliphatic carbocycles. The fourth-order valence-electron chi connectivity index (χ4n) is 2.10. The van der Waals surface area contributed by atoms with Crippen molar-refractivity contribution in [3.63, 3.8) is 0 Å². The zero-order valence-corrected chi connectivity index (χ0v) is 17.4. The van der Waals surface area contributed by atoms with Crippen molar-refractivity contribution in [2.24, 2.45) is 4.99 Å². The maximum absolute atomic E-state index is 4.66. The summed E-state index contributed by atoms with van der Waals surface area (Å²) < 4.78 is 2.99. The Labute approximate surface area is 163 Å². The Hall–Kier alpha value is -1.09. The summed E-state index contributed by atoms with van der Waals surface area (Å²) in [5, 5.41) is 7.52. The van der Waals surface area contributed by atoms with E-state index in [2.05, 4.69) is 74.5 Å². The van der Waals surface area contributed by atoms with E-state index in [9.17, 15) is 0 Å². The molecule has 2 rings (SSSR count). The highest BCUT2D eigenvalue weighted by Gasteiger charge is 2.06. The molecule has 0 saturated carbocycles. The summed E-state index contributed by atoms with van der Waals surface area (Å²) in [7, 11) is 2.05. The zero-order valence-electron chi connectivity index (χ0n) is 13.4. The van der Waals surface area contributed by atoms with Crippen molar-refractivity contribution in [2.75, 3.05) is 20.1 Å². The van der Waals surface area contributed by atoms with Crippen LogP contribution in [-0.4, -0.2) is 40.8 Å². The molecule has 0 amide bonds. The molecule has 1 aromatic carbocycles. The van der Waals surface area contributed by atoms with Gasteiger partial charge in [0.2, 0.25) is 0 Å². The monoisotopic (exact) mass is 491 g/mol. The second-order valence-electron chi connectivity index (χ2n) is 4.99. The summed E-state index contributed by atoms with van der Waals surface area (Å²) in [6.07, 6.45) is 3.74. The van der Waals surface area contributed by atoms with E-state index in [1.165, 1.54) is 5.56 Å². The highest BCUT2D eigenvalue weighted by Crippen LogP contribution is 2.11. The molecule has 0 spiro atoms. The van der Waals surface area contributed by atoms with E-state index in [0.717, 1.165) is 30.1 Å². The number of guanidine groups is 1. The van der Waals surface area contributed by atoms with Gasteiger partial charge in [0.15, 0.2) is 5.96 Å². The molecule has 0 radical (unpaired) electrons. The van der Waals surface area contributed by atoms with Crippen molar-refractivity contribution in [1.29, 1.82) is 0 Å². The molecule has 0 bridgehead atoms. The van der Waals surface area contributed by atoms with E-state index in [4.69, 9.17) is 0 Å². The van der Waals surface area contributed by atoms with Crippen molar-refractivity contribution in [2.45, 2.75) is 20.0 Å². The first-order valence-electron chi connectivity index (χ1n) is 7.40. The summed E-state index contributed by atoms with van der Waals surface area (Å²) in [5.74, 6) is 0.914. The third-order valence-electron chi connectivity index (χ3n) is 3.18. The molecule has 0 aliphatic rings. The predicted molar refractivity (Wildman–Crippen MR) is 109 cm³/mol. The topological polar surface area (TPSA) is 45.5 Å². The molecule has 0 atom stereocenters. The van der Waals surface area contributed by atoms with Gasteiger partial charge in [-0.2, -0.15) is 5.10 Å². The lowest BCUT2D eigenvalue weighted by Crippen LogP contribution is -2.38. The van der Waals surface area contributed by atoms with Gasteiger partial charge in [-0.05, 0) is 30.7 Å². The van der Waals surface area contributed by atoms with E-state index >= 15 is 0 Å². The molecule has 0 fully saturated rings. The first kappa shape index (κ1) is 20.0. The van der Waals surface area contributed by atoms with Crippen molar-refractivity contribution in [3.05, 3.63) is 52.8 Å². The molecule has 1 N–H and O–H groups in total. The van der Waals surface area contributed by atoms with Crippen LogP contribution in [0.4, 0.5) is 0 Å². The Morgan fingerprint density at radius 1 is 1.35 bits per heavy atom. The van der Waals surface area contributed by atoms with Crippen LogP contribution in [0.15, 0.2) is 52.2 Å². The molecule has 0 aliphatic heterocycles. The van der Waals surface area contributed by atoms with Crippen molar-refractivity contribution < 1.29 is 0 Å². The van der Waals surface area contributed by atoms with E-state index in [0.29, 0.717) is 6.54 Å². The van der Waals surface area contributed by atoms with Crippen LogP contribution in [0.25, 0.3) is 0 Å².